The Hall–Kier alpha value is -3.20. The number of imidazole rings is 1. The standard InChI is InChI=1S/C17H16N4O4S/c1-3-25-17(24)20-14(22)11-6-7-26-16(11)19-15(23)12-9-21-8-10(2)4-5-13(21)18-12/h4-9H,3H2,1-2H3,(H,19,23)(H,20,22,24). The van der Waals surface area contributed by atoms with Gasteiger partial charge in [-0.1, -0.05) is 6.07 Å². The van der Waals surface area contributed by atoms with Gasteiger partial charge in [-0.25, -0.2) is 9.78 Å². The van der Waals surface area contributed by atoms with Crippen LogP contribution in [0.4, 0.5) is 9.80 Å². The van der Waals surface area contributed by atoms with Gasteiger partial charge in [-0.2, -0.15) is 0 Å². The lowest BCUT2D eigenvalue weighted by Gasteiger charge is -2.06. The summed E-state index contributed by atoms with van der Waals surface area (Å²) < 4.78 is 6.43. The summed E-state index contributed by atoms with van der Waals surface area (Å²) in [7, 11) is 0. The Kier molecular flexibility index (Phi) is 4.99. The van der Waals surface area contributed by atoms with E-state index < -0.39 is 17.9 Å². The summed E-state index contributed by atoms with van der Waals surface area (Å²) in [6, 6.07) is 5.23. The van der Waals surface area contributed by atoms with E-state index in [4.69, 9.17) is 0 Å². The number of nitrogens with one attached hydrogen (secondary N) is 2. The number of pyridine rings is 1. The summed E-state index contributed by atoms with van der Waals surface area (Å²) in [5, 5.41) is 6.72. The van der Waals surface area contributed by atoms with Gasteiger partial charge in [-0.15, -0.1) is 11.3 Å². The molecule has 0 saturated carbocycles. The molecule has 134 valence electrons. The molecule has 0 radical (unpaired) electrons. The van der Waals surface area contributed by atoms with Crippen LogP contribution in [0, 0.1) is 6.92 Å². The summed E-state index contributed by atoms with van der Waals surface area (Å²) in [4.78, 5) is 40.2. The molecule has 0 aliphatic carbocycles. The Morgan fingerprint density at radius 2 is 2.00 bits per heavy atom. The normalized spacial score (nSPS) is 10.5. The van der Waals surface area contributed by atoms with Gasteiger partial charge in [0.15, 0.2) is 0 Å². The van der Waals surface area contributed by atoms with E-state index in [1.54, 1.807) is 22.9 Å². The lowest BCUT2D eigenvalue weighted by atomic mass is 10.3. The van der Waals surface area contributed by atoms with Crippen LogP contribution in [0.2, 0.25) is 0 Å². The molecule has 26 heavy (non-hydrogen) atoms. The van der Waals surface area contributed by atoms with E-state index in [9.17, 15) is 14.4 Å². The highest BCUT2D eigenvalue weighted by molar-refractivity contribution is 7.14. The maximum absolute atomic E-state index is 12.5. The number of aryl methyl sites for hydroxylation is 1. The molecule has 0 aliphatic rings. The molecule has 3 rings (SSSR count). The minimum Gasteiger partial charge on any atom is -0.450 e. The van der Waals surface area contributed by atoms with Crippen LogP contribution in [0.3, 0.4) is 0 Å². The number of alkyl carbamates (subject to hydrolysis) is 1. The first kappa shape index (κ1) is 17.6. The zero-order valence-electron chi connectivity index (χ0n) is 14.1. The van der Waals surface area contributed by atoms with Crippen LogP contribution in [-0.2, 0) is 4.74 Å². The van der Waals surface area contributed by atoms with Crippen LogP contribution in [-0.4, -0.2) is 33.9 Å². The minimum absolute atomic E-state index is 0.152. The van der Waals surface area contributed by atoms with E-state index in [2.05, 4.69) is 20.4 Å². The number of hydrogen-bond donors (Lipinski definition) is 2. The van der Waals surface area contributed by atoms with Crippen LogP contribution in [0.15, 0.2) is 36.0 Å². The molecule has 0 unspecified atom stereocenters. The molecule has 3 heterocycles. The van der Waals surface area contributed by atoms with E-state index in [0.29, 0.717) is 10.6 Å². The molecular formula is C17H16N4O4S. The number of nitrogens with zero attached hydrogens (tertiary/aromatic N) is 2. The second kappa shape index (κ2) is 7.36. The fourth-order valence-corrected chi connectivity index (χ4v) is 3.07. The third-order valence-electron chi connectivity index (χ3n) is 3.46. The Morgan fingerprint density at radius 3 is 2.77 bits per heavy atom. The van der Waals surface area contributed by atoms with Crippen LogP contribution >= 0.6 is 11.3 Å². The monoisotopic (exact) mass is 372 g/mol. The fraction of sp³-hybridized carbons (Fsp3) is 0.176. The van der Waals surface area contributed by atoms with E-state index in [0.717, 1.165) is 5.56 Å². The molecule has 2 N–H and O–H groups in total. The molecule has 9 heteroatoms. The molecule has 0 spiro atoms. The number of ether oxygens (including phenoxy) is 1. The van der Waals surface area contributed by atoms with Gasteiger partial charge >= 0.3 is 6.09 Å². The molecule has 3 amide bonds. The maximum atomic E-state index is 12.5. The van der Waals surface area contributed by atoms with Gasteiger partial charge in [0.05, 0.1) is 12.2 Å². The summed E-state index contributed by atoms with van der Waals surface area (Å²) >= 11 is 1.17. The van der Waals surface area contributed by atoms with Gasteiger partial charge in [-0.05, 0) is 36.9 Å². The molecule has 0 atom stereocenters. The third kappa shape index (κ3) is 3.72. The molecule has 0 aliphatic heterocycles. The summed E-state index contributed by atoms with van der Waals surface area (Å²) in [5.74, 6) is -1.09. The van der Waals surface area contributed by atoms with Crippen molar-refractivity contribution < 1.29 is 19.1 Å². The number of imide groups is 1. The molecule has 3 aromatic heterocycles. The highest BCUT2D eigenvalue weighted by atomic mass is 32.1. The number of amides is 3. The number of carbonyl (C=O) groups excluding carboxylic acids is 3. The van der Waals surface area contributed by atoms with Gasteiger partial charge in [0.25, 0.3) is 11.8 Å². The van der Waals surface area contributed by atoms with Crippen molar-refractivity contribution in [2.45, 2.75) is 13.8 Å². The van der Waals surface area contributed by atoms with Gasteiger partial charge in [0.1, 0.15) is 16.3 Å². The number of carbonyl (C=O) groups is 3. The number of anilines is 1. The highest BCUT2D eigenvalue weighted by Crippen LogP contribution is 2.24. The second-order valence-electron chi connectivity index (χ2n) is 5.39. The molecule has 0 bridgehead atoms. The molecule has 0 fully saturated rings. The van der Waals surface area contributed by atoms with E-state index >= 15 is 0 Å². The molecule has 0 saturated heterocycles. The van der Waals surface area contributed by atoms with E-state index in [1.165, 1.54) is 17.4 Å². The SMILES string of the molecule is CCOC(=O)NC(=O)c1ccsc1NC(=O)c1cn2cc(C)ccc2n1. The lowest BCUT2D eigenvalue weighted by molar-refractivity contribution is 0.0926. The first-order chi connectivity index (χ1) is 12.5. The fourth-order valence-electron chi connectivity index (χ4n) is 2.29. The van der Waals surface area contributed by atoms with Crippen molar-refractivity contribution in [3.8, 4) is 0 Å². The van der Waals surface area contributed by atoms with Gasteiger partial charge in [0.2, 0.25) is 0 Å². The van der Waals surface area contributed by atoms with Crippen LogP contribution in [0.5, 0.6) is 0 Å². The Bertz CT molecular complexity index is 992. The van der Waals surface area contributed by atoms with Crippen molar-refractivity contribution in [1.29, 1.82) is 0 Å². The Balaban J connectivity index is 1.76. The molecule has 3 aromatic rings. The van der Waals surface area contributed by atoms with E-state index in [-0.39, 0.29) is 17.9 Å². The molecule has 0 aromatic carbocycles. The summed E-state index contributed by atoms with van der Waals surface area (Å²) in [5.41, 5.74) is 2.09. The van der Waals surface area contributed by atoms with Crippen LogP contribution in [0.1, 0.15) is 33.3 Å². The van der Waals surface area contributed by atoms with Gasteiger partial charge < -0.3 is 14.5 Å². The Labute approximate surface area is 152 Å². The topological polar surface area (TPSA) is 102 Å². The van der Waals surface area contributed by atoms with Crippen molar-refractivity contribution in [2.24, 2.45) is 0 Å². The highest BCUT2D eigenvalue weighted by Gasteiger charge is 2.19. The predicted molar refractivity (Wildman–Crippen MR) is 96.7 cm³/mol. The maximum Gasteiger partial charge on any atom is 0.414 e. The largest absolute Gasteiger partial charge is 0.450 e. The number of rotatable bonds is 4. The number of aromatic nitrogens is 2. The quantitative estimate of drug-likeness (QED) is 0.733. The lowest BCUT2D eigenvalue weighted by Crippen LogP contribution is -2.31. The average molecular weight is 372 g/mol. The van der Waals surface area contributed by atoms with Crippen molar-refractivity contribution >= 4 is 39.9 Å². The number of hydrogen-bond acceptors (Lipinski definition) is 6. The van der Waals surface area contributed by atoms with Gasteiger partial charge in [0, 0.05) is 12.4 Å². The number of fused-ring (bicyclic) bond motifs is 1. The smallest absolute Gasteiger partial charge is 0.414 e. The number of thiophene rings is 1. The van der Waals surface area contributed by atoms with Crippen LogP contribution in [0.25, 0.3) is 5.65 Å². The Morgan fingerprint density at radius 1 is 1.19 bits per heavy atom. The van der Waals surface area contributed by atoms with E-state index in [1.807, 2.05) is 25.3 Å². The zero-order chi connectivity index (χ0) is 18.7. The zero-order valence-corrected chi connectivity index (χ0v) is 14.9. The average Bonchev–Trinajstić information content (AvgIpc) is 3.21. The third-order valence-corrected chi connectivity index (χ3v) is 4.29. The summed E-state index contributed by atoms with van der Waals surface area (Å²) in [6.45, 7) is 3.73. The minimum atomic E-state index is -0.836. The molecule has 8 nitrogen and oxygen atoms in total. The van der Waals surface area contributed by atoms with Crippen molar-refractivity contribution in [3.63, 3.8) is 0 Å². The van der Waals surface area contributed by atoms with Crippen molar-refractivity contribution in [3.05, 3.63) is 52.8 Å². The van der Waals surface area contributed by atoms with Crippen LogP contribution < -0.4 is 10.6 Å². The molecular weight excluding hydrogens is 356 g/mol. The van der Waals surface area contributed by atoms with Crippen molar-refractivity contribution in [2.75, 3.05) is 11.9 Å². The summed E-state index contributed by atoms with van der Waals surface area (Å²) in [6.07, 6.45) is 2.64. The second-order valence-corrected chi connectivity index (χ2v) is 6.31. The predicted octanol–water partition coefficient (Wildman–Crippen LogP) is 2.84. The van der Waals surface area contributed by atoms with Gasteiger partial charge in [-0.3, -0.25) is 14.9 Å². The first-order valence-electron chi connectivity index (χ1n) is 7.80. The van der Waals surface area contributed by atoms with Crippen molar-refractivity contribution in [1.82, 2.24) is 14.7 Å². The first-order valence-corrected chi connectivity index (χ1v) is 8.68.